The van der Waals surface area contributed by atoms with Crippen molar-refractivity contribution in [2.45, 2.75) is 56.4 Å². The van der Waals surface area contributed by atoms with Gasteiger partial charge in [0, 0.05) is 37.2 Å². The van der Waals surface area contributed by atoms with Crippen LogP contribution in [0.5, 0.6) is 0 Å². The molecule has 7 heteroatoms. The summed E-state index contributed by atoms with van der Waals surface area (Å²) in [4.78, 5) is 17.5. The second-order valence-corrected chi connectivity index (χ2v) is 9.31. The fourth-order valence-electron chi connectivity index (χ4n) is 4.60. The molecule has 3 heterocycles. The number of amidine groups is 1. The van der Waals surface area contributed by atoms with Gasteiger partial charge in [0.15, 0.2) is 5.84 Å². The fraction of sp³-hybridized carbons (Fsp3) is 0.600. The zero-order valence-corrected chi connectivity index (χ0v) is 16.6. The highest BCUT2D eigenvalue weighted by Gasteiger charge is 2.36. The van der Waals surface area contributed by atoms with Crippen molar-refractivity contribution in [2.24, 2.45) is 10.3 Å². The minimum Gasteiger partial charge on any atom is -0.355 e. The summed E-state index contributed by atoms with van der Waals surface area (Å²) in [7, 11) is -3.59. The third kappa shape index (κ3) is 3.37. The number of sulfonamides is 1. The van der Waals surface area contributed by atoms with E-state index in [1.807, 2.05) is 17.0 Å². The van der Waals surface area contributed by atoms with Gasteiger partial charge < -0.3 is 9.80 Å². The van der Waals surface area contributed by atoms with Gasteiger partial charge in [0.2, 0.25) is 5.91 Å². The van der Waals surface area contributed by atoms with E-state index < -0.39 is 10.0 Å². The lowest BCUT2D eigenvalue weighted by molar-refractivity contribution is -0.140. The van der Waals surface area contributed by atoms with Gasteiger partial charge in [-0.25, -0.2) is 0 Å². The molecule has 1 atom stereocenters. The van der Waals surface area contributed by atoms with Crippen LogP contribution in [0.15, 0.2) is 33.6 Å². The van der Waals surface area contributed by atoms with Crippen LogP contribution in [0.3, 0.4) is 0 Å². The number of carbonyl (C=O) groups excluding carboxylic acids is 1. The highest BCUT2D eigenvalue weighted by molar-refractivity contribution is 7.90. The molecule has 0 saturated carbocycles. The van der Waals surface area contributed by atoms with Crippen molar-refractivity contribution in [2.75, 3.05) is 19.6 Å². The molecular weight excluding hydrogens is 362 g/mol. The van der Waals surface area contributed by atoms with Crippen LogP contribution in [-0.4, -0.2) is 55.6 Å². The summed E-state index contributed by atoms with van der Waals surface area (Å²) in [5.74, 6) is 0.880. The van der Waals surface area contributed by atoms with Crippen molar-refractivity contribution in [1.82, 2.24) is 9.80 Å². The van der Waals surface area contributed by atoms with Gasteiger partial charge in [-0.3, -0.25) is 4.79 Å². The zero-order chi connectivity index (χ0) is 19.0. The lowest BCUT2D eigenvalue weighted by atomic mass is 9.91. The summed E-state index contributed by atoms with van der Waals surface area (Å²) >= 11 is 0. The van der Waals surface area contributed by atoms with E-state index >= 15 is 0 Å². The molecule has 2 saturated heterocycles. The molecule has 3 aliphatic heterocycles. The van der Waals surface area contributed by atoms with Crippen LogP contribution in [0.4, 0.5) is 0 Å². The van der Waals surface area contributed by atoms with Gasteiger partial charge in [-0.1, -0.05) is 19.1 Å². The van der Waals surface area contributed by atoms with Crippen LogP contribution >= 0.6 is 0 Å². The molecule has 1 aromatic carbocycles. The predicted octanol–water partition coefficient (Wildman–Crippen LogP) is 2.64. The zero-order valence-electron chi connectivity index (χ0n) is 15.8. The first-order valence-electron chi connectivity index (χ1n) is 10.0. The van der Waals surface area contributed by atoms with Crippen LogP contribution in [-0.2, 0) is 14.8 Å². The molecule has 0 radical (unpaired) electrons. The summed E-state index contributed by atoms with van der Waals surface area (Å²) in [6.45, 7) is 4.39. The van der Waals surface area contributed by atoms with Gasteiger partial charge in [0.1, 0.15) is 4.90 Å². The number of benzene rings is 1. The summed E-state index contributed by atoms with van der Waals surface area (Å²) in [5, 5.41) is 0. The minimum atomic E-state index is -3.59. The second-order valence-electron chi connectivity index (χ2n) is 7.74. The topological polar surface area (TPSA) is 70.1 Å². The number of carbonyl (C=O) groups is 1. The smallest absolute Gasteiger partial charge is 0.285 e. The van der Waals surface area contributed by atoms with E-state index in [-0.39, 0.29) is 10.8 Å². The Kier molecular flexibility index (Phi) is 4.97. The van der Waals surface area contributed by atoms with Gasteiger partial charge >= 0.3 is 0 Å². The van der Waals surface area contributed by atoms with E-state index in [4.69, 9.17) is 0 Å². The van der Waals surface area contributed by atoms with Crippen molar-refractivity contribution < 1.29 is 13.2 Å². The second kappa shape index (κ2) is 7.26. The first-order chi connectivity index (χ1) is 13.0. The largest absolute Gasteiger partial charge is 0.355 e. The van der Waals surface area contributed by atoms with Crippen molar-refractivity contribution >= 4 is 21.8 Å². The Morgan fingerprint density at radius 2 is 1.85 bits per heavy atom. The Labute approximate surface area is 161 Å². The molecule has 0 aliphatic carbocycles. The lowest BCUT2D eigenvalue weighted by Gasteiger charge is -2.40. The van der Waals surface area contributed by atoms with Crippen LogP contribution in [0.2, 0.25) is 0 Å². The highest BCUT2D eigenvalue weighted by atomic mass is 32.2. The van der Waals surface area contributed by atoms with Gasteiger partial charge in [-0.05, 0) is 50.7 Å². The third-order valence-corrected chi connectivity index (χ3v) is 7.46. The lowest BCUT2D eigenvalue weighted by Crippen LogP contribution is -2.49. The molecular formula is C20H27N3O3S. The summed E-state index contributed by atoms with van der Waals surface area (Å²) < 4.78 is 28.6. The van der Waals surface area contributed by atoms with E-state index in [1.54, 1.807) is 12.1 Å². The maximum absolute atomic E-state index is 13.0. The maximum atomic E-state index is 13.0. The maximum Gasteiger partial charge on any atom is 0.285 e. The molecule has 27 heavy (non-hydrogen) atoms. The Balaban J connectivity index is 1.45. The fourth-order valence-corrected chi connectivity index (χ4v) is 5.83. The monoisotopic (exact) mass is 389 g/mol. The van der Waals surface area contributed by atoms with Gasteiger partial charge in [0.25, 0.3) is 10.0 Å². The summed E-state index contributed by atoms with van der Waals surface area (Å²) in [6.07, 6.45) is 5.98. The van der Waals surface area contributed by atoms with Crippen molar-refractivity contribution in [1.29, 1.82) is 0 Å². The van der Waals surface area contributed by atoms with Crippen LogP contribution in [0.25, 0.3) is 0 Å². The number of rotatable bonds is 2. The van der Waals surface area contributed by atoms with Crippen LogP contribution in [0, 0.1) is 5.92 Å². The standard InChI is InChI=1S/C20H27N3O3S/c1-2-16-7-5-6-12-23(16)20(24)15-10-13-22(14-11-15)19-17-8-3-4-9-18(17)27(25,26)21-19/h3-4,8-9,15-16H,2,5-7,10-14H2,1H3. The molecule has 0 spiro atoms. The number of nitrogens with zero attached hydrogens (tertiary/aromatic N) is 3. The molecule has 6 nitrogen and oxygen atoms in total. The van der Waals surface area contributed by atoms with Crippen LogP contribution < -0.4 is 0 Å². The van der Waals surface area contributed by atoms with Crippen LogP contribution in [0.1, 0.15) is 51.0 Å². The number of hydrogen-bond donors (Lipinski definition) is 0. The number of amides is 1. The summed E-state index contributed by atoms with van der Waals surface area (Å²) in [6, 6.07) is 7.38. The average molecular weight is 390 g/mol. The molecule has 1 amide bonds. The molecule has 1 aromatic rings. The molecule has 0 aromatic heterocycles. The normalized spacial score (nSPS) is 25.2. The molecule has 0 N–H and O–H groups in total. The van der Waals surface area contributed by atoms with E-state index in [2.05, 4.69) is 16.2 Å². The molecule has 3 aliphatic rings. The highest BCUT2D eigenvalue weighted by Crippen LogP contribution is 2.31. The van der Waals surface area contributed by atoms with E-state index in [1.165, 1.54) is 6.42 Å². The number of piperidine rings is 2. The first-order valence-corrected chi connectivity index (χ1v) is 11.4. The van der Waals surface area contributed by atoms with Crippen molar-refractivity contribution in [3.8, 4) is 0 Å². The molecule has 2 fully saturated rings. The quantitative estimate of drug-likeness (QED) is 0.780. The Bertz CT molecular complexity index is 857. The summed E-state index contributed by atoms with van der Waals surface area (Å²) in [5.41, 5.74) is 0.685. The molecule has 146 valence electrons. The van der Waals surface area contributed by atoms with Gasteiger partial charge in [-0.2, -0.15) is 8.42 Å². The molecule has 0 bridgehead atoms. The minimum absolute atomic E-state index is 0.0438. The number of fused-ring (bicyclic) bond motifs is 1. The van der Waals surface area contributed by atoms with Crippen molar-refractivity contribution in [3.05, 3.63) is 29.8 Å². The van der Waals surface area contributed by atoms with Gasteiger partial charge in [0.05, 0.1) is 0 Å². The third-order valence-electron chi connectivity index (χ3n) is 6.14. The average Bonchev–Trinajstić information content (AvgIpc) is 2.99. The Morgan fingerprint density at radius 1 is 1.11 bits per heavy atom. The molecule has 1 unspecified atom stereocenters. The molecule has 4 rings (SSSR count). The Hall–Kier alpha value is -1.89. The first kappa shape index (κ1) is 18.5. The van der Waals surface area contributed by atoms with E-state index in [9.17, 15) is 13.2 Å². The van der Waals surface area contributed by atoms with E-state index in [0.717, 1.165) is 38.6 Å². The number of hydrogen-bond acceptors (Lipinski definition) is 4. The predicted molar refractivity (Wildman–Crippen MR) is 104 cm³/mol. The van der Waals surface area contributed by atoms with Crippen molar-refractivity contribution in [3.63, 3.8) is 0 Å². The van der Waals surface area contributed by atoms with Gasteiger partial charge in [-0.15, -0.1) is 4.40 Å². The van der Waals surface area contributed by atoms with E-state index in [0.29, 0.717) is 36.4 Å². The Morgan fingerprint density at radius 3 is 2.59 bits per heavy atom. The SMILES string of the molecule is CCC1CCCCN1C(=O)C1CCN(C2=NS(=O)(=O)c3ccccc32)CC1. The number of likely N-dealkylation sites (tertiary alicyclic amines) is 2.